The molecule has 158 valence electrons. The minimum absolute atomic E-state index is 0.00396. The molecule has 0 aliphatic heterocycles. The van der Waals surface area contributed by atoms with Gasteiger partial charge in [-0.2, -0.15) is 4.31 Å². The van der Waals surface area contributed by atoms with Gasteiger partial charge in [0.15, 0.2) is 0 Å². The lowest BCUT2D eigenvalue weighted by Crippen LogP contribution is -2.41. The number of carbonyl (C=O) groups is 1. The van der Waals surface area contributed by atoms with E-state index in [2.05, 4.69) is 5.32 Å². The summed E-state index contributed by atoms with van der Waals surface area (Å²) in [7, 11) is -0.899. The van der Waals surface area contributed by atoms with E-state index in [9.17, 15) is 13.2 Å². The number of amides is 1. The molecule has 9 heteroatoms. The average molecular weight is 441 g/mol. The summed E-state index contributed by atoms with van der Waals surface area (Å²) in [6.07, 6.45) is 0. The van der Waals surface area contributed by atoms with E-state index in [1.807, 2.05) is 25.1 Å². The summed E-state index contributed by atoms with van der Waals surface area (Å²) in [6, 6.07) is 11.2. The fourth-order valence-electron chi connectivity index (χ4n) is 2.87. The predicted molar refractivity (Wildman–Crippen MR) is 112 cm³/mol. The Bertz CT molecular complexity index is 965. The van der Waals surface area contributed by atoms with Gasteiger partial charge in [0.25, 0.3) is 0 Å². The van der Waals surface area contributed by atoms with Crippen LogP contribution in [0.5, 0.6) is 11.5 Å². The van der Waals surface area contributed by atoms with Crippen molar-refractivity contribution in [1.82, 2.24) is 9.62 Å². The summed E-state index contributed by atoms with van der Waals surface area (Å²) < 4.78 is 37.3. The van der Waals surface area contributed by atoms with Crippen molar-refractivity contribution >= 4 is 27.5 Å². The maximum Gasteiger partial charge on any atom is 0.243 e. The molecule has 0 unspecified atom stereocenters. The van der Waals surface area contributed by atoms with Crippen molar-refractivity contribution in [3.63, 3.8) is 0 Å². The summed E-state index contributed by atoms with van der Waals surface area (Å²) in [5, 5.41) is 3.00. The number of benzene rings is 2. The van der Waals surface area contributed by atoms with E-state index in [0.717, 1.165) is 9.87 Å². The Balaban J connectivity index is 2.15. The highest BCUT2D eigenvalue weighted by atomic mass is 35.5. The van der Waals surface area contributed by atoms with E-state index in [0.29, 0.717) is 11.5 Å². The topological polar surface area (TPSA) is 84.9 Å². The Morgan fingerprint density at radius 1 is 1.14 bits per heavy atom. The molecule has 1 atom stereocenters. The number of methoxy groups -OCH3 is 2. The molecule has 7 nitrogen and oxygen atoms in total. The van der Waals surface area contributed by atoms with Crippen LogP contribution in [0.25, 0.3) is 0 Å². The molecule has 0 fully saturated rings. The van der Waals surface area contributed by atoms with Gasteiger partial charge >= 0.3 is 0 Å². The Morgan fingerprint density at radius 3 is 2.38 bits per heavy atom. The van der Waals surface area contributed by atoms with Gasteiger partial charge in [0.2, 0.25) is 15.9 Å². The lowest BCUT2D eigenvalue weighted by Gasteiger charge is -2.22. The monoisotopic (exact) mass is 440 g/mol. The molecule has 0 saturated heterocycles. The quantitative estimate of drug-likeness (QED) is 0.647. The number of sulfonamides is 1. The van der Waals surface area contributed by atoms with Gasteiger partial charge in [0, 0.05) is 12.1 Å². The van der Waals surface area contributed by atoms with Crippen LogP contribution in [0.15, 0.2) is 47.4 Å². The van der Waals surface area contributed by atoms with Gasteiger partial charge in [-0.25, -0.2) is 8.42 Å². The number of rotatable bonds is 9. The minimum Gasteiger partial charge on any atom is -0.496 e. The van der Waals surface area contributed by atoms with Crippen LogP contribution in [0.4, 0.5) is 0 Å². The van der Waals surface area contributed by atoms with E-state index < -0.39 is 15.9 Å². The summed E-state index contributed by atoms with van der Waals surface area (Å²) >= 11 is 6.06. The van der Waals surface area contributed by atoms with E-state index in [4.69, 9.17) is 21.1 Å². The molecule has 0 aliphatic rings. The van der Waals surface area contributed by atoms with Crippen molar-refractivity contribution in [3.05, 3.63) is 53.1 Å². The molecule has 0 spiro atoms. The van der Waals surface area contributed by atoms with Crippen molar-refractivity contribution in [2.45, 2.75) is 24.8 Å². The molecule has 1 amide bonds. The zero-order valence-corrected chi connectivity index (χ0v) is 18.4. The zero-order chi connectivity index (χ0) is 21.6. The summed E-state index contributed by atoms with van der Waals surface area (Å²) in [6.45, 7) is 3.29. The maximum atomic E-state index is 12.9. The standard InChI is InChI=1S/C20H25ClN2O5S/c1-5-23(29(25,26)15-10-11-19(28-4)17(21)12-15)13-20(24)22-14(2)16-8-6-7-9-18(16)27-3/h6-12,14H,5,13H2,1-4H3,(H,22,24)/t14-/m0/s1. The normalized spacial score (nSPS) is 12.5. The number of halogens is 1. The van der Waals surface area contributed by atoms with Crippen LogP contribution in [-0.4, -0.2) is 45.9 Å². The third-order valence-corrected chi connectivity index (χ3v) is 6.63. The van der Waals surface area contributed by atoms with Crippen LogP contribution in [0.3, 0.4) is 0 Å². The van der Waals surface area contributed by atoms with Crippen molar-refractivity contribution in [1.29, 1.82) is 0 Å². The largest absolute Gasteiger partial charge is 0.496 e. The highest BCUT2D eigenvalue weighted by Crippen LogP contribution is 2.28. The number of carbonyl (C=O) groups excluding carboxylic acids is 1. The summed E-state index contributed by atoms with van der Waals surface area (Å²) in [5.74, 6) is 0.596. The van der Waals surface area contributed by atoms with Crippen LogP contribution in [0.2, 0.25) is 5.02 Å². The first kappa shape index (κ1) is 23.0. The van der Waals surface area contributed by atoms with Crippen LogP contribution in [-0.2, 0) is 14.8 Å². The molecule has 0 aliphatic carbocycles. The molecular weight excluding hydrogens is 416 g/mol. The molecule has 2 aromatic carbocycles. The molecular formula is C20H25ClN2O5S. The summed E-state index contributed by atoms with van der Waals surface area (Å²) in [4.78, 5) is 12.5. The second-order valence-corrected chi connectivity index (χ2v) is 8.60. The number of nitrogens with one attached hydrogen (secondary N) is 1. The van der Waals surface area contributed by atoms with E-state index >= 15 is 0 Å². The zero-order valence-electron chi connectivity index (χ0n) is 16.8. The number of hydrogen-bond acceptors (Lipinski definition) is 5. The lowest BCUT2D eigenvalue weighted by molar-refractivity contribution is -0.121. The maximum absolute atomic E-state index is 12.9. The predicted octanol–water partition coefficient (Wildman–Crippen LogP) is 3.25. The van der Waals surface area contributed by atoms with E-state index in [1.165, 1.54) is 25.3 Å². The molecule has 2 rings (SSSR count). The van der Waals surface area contributed by atoms with E-state index in [-0.39, 0.29) is 29.0 Å². The fraction of sp³-hybridized carbons (Fsp3) is 0.350. The molecule has 0 bridgehead atoms. The molecule has 2 aromatic rings. The smallest absolute Gasteiger partial charge is 0.243 e. The second-order valence-electron chi connectivity index (χ2n) is 6.26. The molecule has 0 aromatic heterocycles. The van der Waals surface area contributed by atoms with Crippen LogP contribution < -0.4 is 14.8 Å². The van der Waals surface area contributed by atoms with Crippen LogP contribution in [0.1, 0.15) is 25.5 Å². The number of hydrogen-bond donors (Lipinski definition) is 1. The van der Waals surface area contributed by atoms with Crippen molar-refractivity contribution < 1.29 is 22.7 Å². The van der Waals surface area contributed by atoms with Gasteiger partial charge in [-0.05, 0) is 31.2 Å². The first-order valence-electron chi connectivity index (χ1n) is 9.00. The van der Waals surface area contributed by atoms with E-state index in [1.54, 1.807) is 20.1 Å². The highest BCUT2D eigenvalue weighted by molar-refractivity contribution is 7.89. The Labute approximate surface area is 176 Å². The molecule has 1 N–H and O–H groups in total. The van der Waals surface area contributed by atoms with Gasteiger partial charge in [-0.15, -0.1) is 0 Å². The van der Waals surface area contributed by atoms with Gasteiger partial charge in [-0.3, -0.25) is 4.79 Å². The molecule has 0 radical (unpaired) electrons. The Kier molecular flexibility index (Phi) is 7.89. The van der Waals surface area contributed by atoms with Gasteiger partial charge in [-0.1, -0.05) is 36.7 Å². The first-order valence-corrected chi connectivity index (χ1v) is 10.8. The first-order chi connectivity index (χ1) is 13.7. The third kappa shape index (κ3) is 5.41. The molecule has 0 saturated carbocycles. The molecule has 29 heavy (non-hydrogen) atoms. The lowest BCUT2D eigenvalue weighted by atomic mass is 10.1. The summed E-state index contributed by atoms with van der Waals surface area (Å²) in [5.41, 5.74) is 0.802. The Hall–Kier alpha value is -2.29. The number of likely N-dealkylation sites (N-methyl/N-ethyl adjacent to an activating group) is 1. The van der Waals surface area contributed by atoms with Crippen LogP contribution >= 0.6 is 11.6 Å². The van der Waals surface area contributed by atoms with Gasteiger partial charge in [0.1, 0.15) is 11.5 Å². The van der Waals surface area contributed by atoms with Crippen molar-refractivity contribution in [2.75, 3.05) is 27.3 Å². The van der Waals surface area contributed by atoms with Crippen molar-refractivity contribution in [3.8, 4) is 11.5 Å². The number of para-hydroxylation sites is 1. The highest BCUT2D eigenvalue weighted by Gasteiger charge is 2.27. The minimum atomic E-state index is -3.90. The second kappa shape index (κ2) is 9.96. The fourth-order valence-corrected chi connectivity index (χ4v) is 4.63. The van der Waals surface area contributed by atoms with Gasteiger partial charge < -0.3 is 14.8 Å². The average Bonchev–Trinajstić information content (AvgIpc) is 2.71. The van der Waals surface area contributed by atoms with Crippen molar-refractivity contribution in [2.24, 2.45) is 0 Å². The van der Waals surface area contributed by atoms with Gasteiger partial charge in [0.05, 0.1) is 36.7 Å². The molecule has 0 heterocycles. The SMILES string of the molecule is CCN(CC(=O)N[C@@H](C)c1ccccc1OC)S(=O)(=O)c1ccc(OC)c(Cl)c1. The van der Waals surface area contributed by atoms with Crippen LogP contribution in [0, 0.1) is 0 Å². The number of nitrogens with zero attached hydrogens (tertiary/aromatic N) is 1. The Morgan fingerprint density at radius 2 is 1.79 bits per heavy atom. The third-order valence-electron chi connectivity index (χ3n) is 4.42. The number of ether oxygens (including phenoxy) is 2.